The van der Waals surface area contributed by atoms with Crippen LogP contribution < -0.4 is 0 Å². The Hall–Kier alpha value is -1.23. The summed E-state index contributed by atoms with van der Waals surface area (Å²) in [5, 5.41) is 8.52. The SMILES string of the molecule is N#Cc1cc(CBr)nc(C(F)(F)F)c1C(F)F. The van der Waals surface area contributed by atoms with Crippen molar-refractivity contribution in [2.45, 2.75) is 17.9 Å². The second-order valence-electron chi connectivity index (χ2n) is 2.97. The molecule has 0 saturated heterocycles. The van der Waals surface area contributed by atoms with Crippen LogP contribution in [-0.4, -0.2) is 4.98 Å². The average molecular weight is 315 g/mol. The minimum absolute atomic E-state index is 0.0612. The molecule has 0 spiro atoms. The first kappa shape index (κ1) is 13.8. The maximum atomic E-state index is 12.5. The highest BCUT2D eigenvalue weighted by Gasteiger charge is 2.39. The number of nitrogens with zero attached hydrogens (tertiary/aromatic N) is 2. The summed E-state index contributed by atoms with van der Waals surface area (Å²) in [5.41, 5.74) is -3.92. The average Bonchev–Trinajstić information content (AvgIpc) is 2.25. The van der Waals surface area contributed by atoms with Gasteiger partial charge in [-0.05, 0) is 6.07 Å². The van der Waals surface area contributed by atoms with Gasteiger partial charge in [-0.15, -0.1) is 0 Å². The highest BCUT2D eigenvalue weighted by Crippen LogP contribution is 2.37. The maximum Gasteiger partial charge on any atom is 0.433 e. The number of alkyl halides is 6. The van der Waals surface area contributed by atoms with Crippen LogP contribution in [0.5, 0.6) is 0 Å². The number of nitriles is 1. The fourth-order valence-electron chi connectivity index (χ4n) is 1.21. The van der Waals surface area contributed by atoms with Gasteiger partial charge >= 0.3 is 6.18 Å². The predicted octanol–water partition coefficient (Wildman–Crippen LogP) is 3.80. The molecule has 0 N–H and O–H groups in total. The molecule has 1 aromatic rings. The number of hydrogen-bond donors (Lipinski definition) is 0. The Morgan fingerprint density at radius 3 is 2.35 bits per heavy atom. The molecular formula is C9H4BrF5N2. The van der Waals surface area contributed by atoms with Crippen molar-refractivity contribution in [1.29, 1.82) is 5.26 Å². The molecule has 8 heteroatoms. The third-order valence-corrected chi connectivity index (χ3v) is 2.43. The molecule has 1 heterocycles. The summed E-state index contributed by atoms with van der Waals surface area (Å²) in [6.45, 7) is 0. The van der Waals surface area contributed by atoms with E-state index in [1.165, 1.54) is 6.07 Å². The van der Waals surface area contributed by atoms with Crippen molar-refractivity contribution in [3.05, 3.63) is 28.6 Å². The normalized spacial score (nSPS) is 11.6. The van der Waals surface area contributed by atoms with Gasteiger partial charge in [-0.2, -0.15) is 18.4 Å². The van der Waals surface area contributed by atoms with Crippen LogP contribution >= 0.6 is 15.9 Å². The third kappa shape index (κ3) is 2.91. The first-order valence-electron chi connectivity index (χ1n) is 4.16. The molecule has 0 bridgehead atoms. The Morgan fingerprint density at radius 1 is 1.41 bits per heavy atom. The van der Waals surface area contributed by atoms with Crippen molar-refractivity contribution in [1.82, 2.24) is 4.98 Å². The van der Waals surface area contributed by atoms with Gasteiger partial charge in [0.25, 0.3) is 6.43 Å². The summed E-state index contributed by atoms with van der Waals surface area (Å²) < 4.78 is 62.6. The fraction of sp³-hybridized carbons (Fsp3) is 0.333. The van der Waals surface area contributed by atoms with E-state index in [9.17, 15) is 22.0 Å². The molecule has 1 aromatic heterocycles. The molecule has 0 saturated carbocycles. The predicted molar refractivity (Wildman–Crippen MR) is 51.5 cm³/mol. The second-order valence-corrected chi connectivity index (χ2v) is 3.53. The Kier molecular flexibility index (Phi) is 4.03. The van der Waals surface area contributed by atoms with E-state index in [1.54, 1.807) is 0 Å². The number of pyridine rings is 1. The van der Waals surface area contributed by atoms with Gasteiger partial charge in [-0.3, -0.25) is 0 Å². The first-order chi connectivity index (χ1) is 7.81. The van der Waals surface area contributed by atoms with E-state index in [-0.39, 0.29) is 11.0 Å². The number of halogens is 6. The zero-order chi connectivity index (χ0) is 13.2. The second kappa shape index (κ2) is 4.96. The van der Waals surface area contributed by atoms with E-state index in [2.05, 4.69) is 20.9 Å². The van der Waals surface area contributed by atoms with Crippen molar-refractivity contribution in [2.75, 3.05) is 0 Å². The van der Waals surface area contributed by atoms with Gasteiger partial charge in [0, 0.05) is 5.33 Å². The molecule has 0 aliphatic heterocycles. The lowest BCUT2D eigenvalue weighted by molar-refractivity contribution is -0.143. The number of hydrogen-bond acceptors (Lipinski definition) is 2. The lowest BCUT2D eigenvalue weighted by Gasteiger charge is -2.13. The van der Waals surface area contributed by atoms with Gasteiger partial charge in [-0.25, -0.2) is 13.8 Å². The number of rotatable bonds is 2. The van der Waals surface area contributed by atoms with E-state index < -0.39 is 29.4 Å². The molecular weight excluding hydrogens is 311 g/mol. The molecule has 2 nitrogen and oxygen atoms in total. The van der Waals surface area contributed by atoms with Crippen molar-refractivity contribution in [2.24, 2.45) is 0 Å². The molecule has 1 rings (SSSR count). The largest absolute Gasteiger partial charge is 0.433 e. The third-order valence-electron chi connectivity index (χ3n) is 1.86. The summed E-state index contributed by atoms with van der Waals surface area (Å²) in [6, 6.07) is 2.23. The molecule has 0 aliphatic carbocycles. The standard InChI is InChI=1S/C9H4BrF5N2/c10-2-5-1-4(3-16)6(8(11)12)7(17-5)9(13,14)15/h1,8H,2H2. The van der Waals surface area contributed by atoms with Crippen molar-refractivity contribution >= 4 is 15.9 Å². The molecule has 0 unspecified atom stereocenters. The summed E-state index contributed by atoms with van der Waals surface area (Å²) >= 11 is 2.86. The van der Waals surface area contributed by atoms with E-state index in [1.807, 2.05) is 0 Å². The van der Waals surface area contributed by atoms with Gasteiger partial charge in [0.05, 0.1) is 22.9 Å². The molecule has 0 radical (unpaired) electrons. The van der Waals surface area contributed by atoms with E-state index in [4.69, 9.17) is 5.26 Å². The quantitative estimate of drug-likeness (QED) is 0.615. The molecule has 0 fully saturated rings. The highest BCUT2D eigenvalue weighted by atomic mass is 79.9. The fourth-order valence-corrected chi connectivity index (χ4v) is 1.49. The minimum atomic E-state index is -5.02. The molecule has 0 atom stereocenters. The first-order valence-corrected chi connectivity index (χ1v) is 5.28. The van der Waals surface area contributed by atoms with Gasteiger partial charge in [0.1, 0.15) is 0 Å². The Bertz CT molecular complexity index is 464. The number of aromatic nitrogens is 1. The van der Waals surface area contributed by atoms with Crippen LogP contribution in [0.15, 0.2) is 6.07 Å². The molecule has 92 valence electrons. The van der Waals surface area contributed by atoms with Crippen molar-refractivity contribution in [3.63, 3.8) is 0 Å². The van der Waals surface area contributed by atoms with Gasteiger partial charge in [0.2, 0.25) is 0 Å². The monoisotopic (exact) mass is 314 g/mol. The van der Waals surface area contributed by atoms with E-state index >= 15 is 0 Å². The Labute approximate surface area is 101 Å². The summed E-state index contributed by atoms with van der Waals surface area (Å²) in [7, 11) is 0. The Morgan fingerprint density at radius 2 is 2.00 bits per heavy atom. The topological polar surface area (TPSA) is 36.7 Å². The van der Waals surface area contributed by atoms with Crippen LogP contribution in [0.2, 0.25) is 0 Å². The van der Waals surface area contributed by atoms with Crippen LogP contribution in [0.1, 0.15) is 28.9 Å². The zero-order valence-corrected chi connectivity index (χ0v) is 9.61. The zero-order valence-electron chi connectivity index (χ0n) is 8.02. The summed E-state index contributed by atoms with van der Waals surface area (Å²) in [5.74, 6) is 0. The molecule has 0 amide bonds. The van der Waals surface area contributed by atoms with Gasteiger partial charge in [-0.1, -0.05) is 15.9 Å². The van der Waals surface area contributed by atoms with Crippen LogP contribution in [0.25, 0.3) is 0 Å². The maximum absolute atomic E-state index is 12.5. The molecule has 0 aliphatic rings. The lowest BCUT2D eigenvalue weighted by Crippen LogP contribution is -2.15. The van der Waals surface area contributed by atoms with Gasteiger partial charge in [0.15, 0.2) is 5.69 Å². The van der Waals surface area contributed by atoms with E-state index in [0.717, 1.165) is 6.07 Å². The minimum Gasteiger partial charge on any atom is -0.247 e. The lowest BCUT2D eigenvalue weighted by atomic mass is 10.1. The van der Waals surface area contributed by atoms with Crippen LogP contribution in [0.3, 0.4) is 0 Å². The van der Waals surface area contributed by atoms with E-state index in [0.29, 0.717) is 0 Å². The summed E-state index contributed by atoms with van der Waals surface area (Å²) in [6.07, 6.45) is -8.42. The van der Waals surface area contributed by atoms with Crippen molar-refractivity contribution < 1.29 is 22.0 Å². The van der Waals surface area contributed by atoms with Crippen LogP contribution in [0.4, 0.5) is 22.0 Å². The smallest absolute Gasteiger partial charge is 0.247 e. The molecule has 17 heavy (non-hydrogen) atoms. The Balaban J connectivity index is 3.60. The highest BCUT2D eigenvalue weighted by molar-refractivity contribution is 9.08. The molecule has 0 aromatic carbocycles. The van der Waals surface area contributed by atoms with Crippen LogP contribution in [-0.2, 0) is 11.5 Å². The summed E-state index contributed by atoms with van der Waals surface area (Å²) in [4.78, 5) is 3.09. The van der Waals surface area contributed by atoms with Crippen LogP contribution in [0, 0.1) is 11.3 Å². The van der Waals surface area contributed by atoms with Gasteiger partial charge < -0.3 is 0 Å². The van der Waals surface area contributed by atoms with Crippen molar-refractivity contribution in [3.8, 4) is 6.07 Å².